The summed E-state index contributed by atoms with van der Waals surface area (Å²) in [6, 6.07) is 10.7. The van der Waals surface area contributed by atoms with Gasteiger partial charge in [0.15, 0.2) is 0 Å². The first-order chi connectivity index (χ1) is 10.1. The van der Waals surface area contributed by atoms with E-state index in [0.717, 1.165) is 41.7 Å². The lowest BCUT2D eigenvalue weighted by Crippen LogP contribution is -2.09. The van der Waals surface area contributed by atoms with Gasteiger partial charge in [-0.2, -0.15) is 0 Å². The second-order valence-corrected chi connectivity index (χ2v) is 6.16. The zero-order valence-electron chi connectivity index (χ0n) is 11.5. The number of aryl methyl sites for hydroxylation is 1. The molecule has 0 aliphatic heterocycles. The van der Waals surface area contributed by atoms with Gasteiger partial charge in [-0.05, 0) is 76.1 Å². The SMILES string of the molecule is OC1CCCc2cc(OCc3ccc(F)c(Br)c3)ccc21. The Balaban J connectivity index is 1.72. The van der Waals surface area contributed by atoms with Crippen LogP contribution in [0.3, 0.4) is 0 Å². The van der Waals surface area contributed by atoms with Crippen molar-refractivity contribution >= 4 is 15.9 Å². The highest BCUT2D eigenvalue weighted by Gasteiger charge is 2.18. The maximum absolute atomic E-state index is 13.2. The Labute approximate surface area is 131 Å². The van der Waals surface area contributed by atoms with Crippen LogP contribution in [0.1, 0.15) is 35.6 Å². The average molecular weight is 351 g/mol. The molecule has 0 fully saturated rings. The predicted octanol–water partition coefficient (Wildman–Crippen LogP) is 4.54. The van der Waals surface area contributed by atoms with Crippen LogP contribution in [0.5, 0.6) is 5.75 Å². The molecule has 110 valence electrons. The molecule has 1 unspecified atom stereocenters. The van der Waals surface area contributed by atoms with Crippen molar-refractivity contribution in [2.24, 2.45) is 0 Å². The number of benzene rings is 2. The quantitative estimate of drug-likeness (QED) is 0.880. The van der Waals surface area contributed by atoms with Gasteiger partial charge in [-0.1, -0.05) is 12.1 Å². The lowest BCUT2D eigenvalue weighted by atomic mass is 9.89. The van der Waals surface area contributed by atoms with Crippen molar-refractivity contribution in [2.75, 3.05) is 0 Å². The number of aliphatic hydroxyl groups excluding tert-OH is 1. The Morgan fingerprint density at radius 1 is 1.24 bits per heavy atom. The molecule has 3 rings (SSSR count). The highest BCUT2D eigenvalue weighted by Crippen LogP contribution is 2.32. The largest absolute Gasteiger partial charge is 0.489 e. The molecule has 0 radical (unpaired) electrons. The molecule has 1 aliphatic rings. The second kappa shape index (κ2) is 6.16. The lowest BCUT2D eigenvalue weighted by Gasteiger charge is -2.21. The van der Waals surface area contributed by atoms with E-state index in [1.54, 1.807) is 12.1 Å². The highest BCUT2D eigenvalue weighted by molar-refractivity contribution is 9.10. The van der Waals surface area contributed by atoms with Gasteiger partial charge in [0.25, 0.3) is 0 Å². The van der Waals surface area contributed by atoms with E-state index >= 15 is 0 Å². The minimum absolute atomic E-state index is 0.276. The van der Waals surface area contributed by atoms with Crippen molar-refractivity contribution in [1.82, 2.24) is 0 Å². The summed E-state index contributed by atoms with van der Waals surface area (Å²) in [5.74, 6) is 0.504. The minimum Gasteiger partial charge on any atom is -0.489 e. The molecule has 0 saturated carbocycles. The first kappa shape index (κ1) is 14.5. The Bertz CT molecular complexity index is 657. The van der Waals surface area contributed by atoms with Crippen molar-refractivity contribution in [2.45, 2.75) is 32.0 Å². The summed E-state index contributed by atoms with van der Waals surface area (Å²) in [4.78, 5) is 0. The van der Waals surface area contributed by atoms with Crippen LogP contribution in [0.4, 0.5) is 4.39 Å². The van der Waals surface area contributed by atoms with Crippen LogP contribution in [-0.4, -0.2) is 5.11 Å². The predicted molar refractivity (Wildman–Crippen MR) is 82.8 cm³/mol. The van der Waals surface area contributed by atoms with Crippen LogP contribution in [0, 0.1) is 5.82 Å². The third-order valence-corrected chi connectivity index (χ3v) is 4.39. The van der Waals surface area contributed by atoms with Crippen molar-refractivity contribution in [3.05, 3.63) is 63.4 Å². The molecule has 4 heteroatoms. The van der Waals surface area contributed by atoms with E-state index in [-0.39, 0.29) is 11.9 Å². The van der Waals surface area contributed by atoms with Gasteiger partial charge in [0.1, 0.15) is 18.2 Å². The van der Waals surface area contributed by atoms with E-state index in [0.29, 0.717) is 11.1 Å². The molecule has 21 heavy (non-hydrogen) atoms. The Morgan fingerprint density at radius 2 is 2.10 bits per heavy atom. The van der Waals surface area contributed by atoms with Gasteiger partial charge in [-0.15, -0.1) is 0 Å². The monoisotopic (exact) mass is 350 g/mol. The molecule has 1 N–H and O–H groups in total. The van der Waals surface area contributed by atoms with Crippen molar-refractivity contribution in [1.29, 1.82) is 0 Å². The minimum atomic E-state index is -0.351. The standard InChI is InChI=1S/C17H16BrFO2/c18-15-8-11(4-7-16(15)19)10-21-13-5-6-14-12(9-13)2-1-3-17(14)20/h4-9,17,20H,1-3,10H2. The molecular formula is C17H16BrFO2. The van der Waals surface area contributed by atoms with Crippen molar-refractivity contribution in [3.8, 4) is 5.75 Å². The van der Waals surface area contributed by atoms with E-state index in [9.17, 15) is 9.50 Å². The fourth-order valence-electron chi connectivity index (χ4n) is 2.65. The van der Waals surface area contributed by atoms with Crippen LogP contribution >= 0.6 is 15.9 Å². The second-order valence-electron chi connectivity index (χ2n) is 5.31. The number of halogens is 2. The van der Waals surface area contributed by atoms with Gasteiger partial charge >= 0.3 is 0 Å². The van der Waals surface area contributed by atoms with Crippen LogP contribution in [-0.2, 0) is 13.0 Å². The highest BCUT2D eigenvalue weighted by atomic mass is 79.9. The van der Waals surface area contributed by atoms with Gasteiger partial charge in [-0.3, -0.25) is 0 Å². The van der Waals surface area contributed by atoms with E-state index in [4.69, 9.17) is 4.74 Å². The van der Waals surface area contributed by atoms with Crippen LogP contribution in [0.15, 0.2) is 40.9 Å². The fraction of sp³-hybridized carbons (Fsp3) is 0.294. The zero-order chi connectivity index (χ0) is 14.8. The maximum Gasteiger partial charge on any atom is 0.137 e. The van der Waals surface area contributed by atoms with Crippen LogP contribution in [0.2, 0.25) is 0 Å². The zero-order valence-corrected chi connectivity index (χ0v) is 13.1. The molecule has 0 spiro atoms. The number of rotatable bonds is 3. The van der Waals surface area contributed by atoms with E-state index in [1.165, 1.54) is 6.07 Å². The number of hydrogen-bond acceptors (Lipinski definition) is 2. The molecule has 0 bridgehead atoms. The number of hydrogen-bond donors (Lipinski definition) is 1. The van der Waals surface area contributed by atoms with E-state index in [2.05, 4.69) is 15.9 Å². The fourth-order valence-corrected chi connectivity index (χ4v) is 3.08. The molecule has 0 aromatic heterocycles. The number of fused-ring (bicyclic) bond motifs is 1. The topological polar surface area (TPSA) is 29.5 Å². The summed E-state index contributed by atoms with van der Waals surface area (Å²) < 4.78 is 19.4. The van der Waals surface area contributed by atoms with Crippen molar-refractivity contribution in [3.63, 3.8) is 0 Å². The summed E-state index contributed by atoms with van der Waals surface area (Å²) in [5.41, 5.74) is 3.07. The molecule has 0 heterocycles. The normalized spacial score (nSPS) is 17.4. The van der Waals surface area contributed by atoms with Gasteiger partial charge in [0.05, 0.1) is 10.6 Å². The van der Waals surface area contributed by atoms with Gasteiger partial charge in [0.2, 0.25) is 0 Å². The Hall–Kier alpha value is -1.39. The van der Waals surface area contributed by atoms with E-state index < -0.39 is 0 Å². The van der Waals surface area contributed by atoms with E-state index in [1.807, 2.05) is 18.2 Å². The van der Waals surface area contributed by atoms with Gasteiger partial charge < -0.3 is 9.84 Å². The summed E-state index contributed by atoms with van der Waals surface area (Å²) >= 11 is 3.17. The third-order valence-electron chi connectivity index (χ3n) is 3.79. The Morgan fingerprint density at radius 3 is 2.90 bits per heavy atom. The van der Waals surface area contributed by atoms with Gasteiger partial charge in [0, 0.05) is 0 Å². The smallest absolute Gasteiger partial charge is 0.137 e. The molecule has 2 aromatic rings. The summed E-state index contributed by atoms with van der Waals surface area (Å²) in [7, 11) is 0. The van der Waals surface area contributed by atoms with Crippen molar-refractivity contribution < 1.29 is 14.2 Å². The Kier molecular flexibility index (Phi) is 4.27. The first-order valence-corrected chi connectivity index (χ1v) is 7.80. The molecular weight excluding hydrogens is 335 g/mol. The average Bonchev–Trinajstić information content (AvgIpc) is 2.49. The number of aliphatic hydroxyl groups is 1. The summed E-state index contributed by atoms with van der Waals surface area (Å²) in [6.07, 6.45) is 2.46. The maximum atomic E-state index is 13.2. The van der Waals surface area contributed by atoms with Crippen LogP contribution in [0.25, 0.3) is 0 Å². The van der Waals surface area contributed by atoms with Gasteiger partial charge in [-0.25, -0.2) is 4.39 Å². The molecule has 2 aromatic carbocycles. The summed E-state index contributed by atoms with van der Waals surface area (Å²) in [5, 5.41) is 9.94. The first-order valence-electron chi connectivity index (χ1n) is 7.01. The molecule has 2 nitrogen and oxygen atoms in total. The molecule has 1 aliphatic carbocycles. The molecule has 1 atom stereocenters. The summed E-state index contributed by atoms with van der Waals surface area (Å²) in [6.45, 7) is 0.389. The number of ether oxygens (including phenoxy) is 1. The molecule has 0 amide bonds. The lowest BCUT2D eigenvalue weighted by molar-refractivity contribution is 0.156. The molecule has 0 saturated heterocycles. The third kappa shape index (κ3) is 3.27. The van der Waals surface area contributed by atoms with Crippen LogP contribution < -0.4 is 4.74 Å².